The number of benzene rings is 2. The number of aryl methyl sites for hydroxylation is 2. The van der Waals surface area contributed by atoms with Crippen LogP contribution in [0.15, 0.2) is 54.7 Å². The maximum absolute atomic E-state index is 12.6. The Kier molecular flexibility index (Phi) is 3.77. The number of pyridine rings is 1. The number of nitrogens with zero attached hydrogens (tertiary/aromatic N) is 2. The second-order valence-electron chi connectivity index (χ2n) is 6.14. The third kappa shape index (κ3) is 2.47. The molecule has 0 N–H and O–H groups in total. The van der Waals surface area contributed by atoms with E-state index in [2.05, 4.69) is 55.2 Å². The summed E-state index contributed by atoms with van der Waals surface area (Å²) in [5.41, 5.74) is 5.40. The lowest BCUT2D eigenvalue weighted by Crippen LogP contribution is -2.28. The minimum absolute atomic E-state index is 0.0301. The number of para-hydroxylation sites is 1. The zero-order valence-corrected chi connectivity index (χ0v) is 14.5. The van der Waals surface area contributed by atoms with Gasteiger partial charge in [0.25, 0.3) is 0 Å². The van der Waals surface area contributed by atoms with Crippen molar-refractivity contribution < 1.29 is 4.79 Å². The van der Waals surface area contributed by atoms with Crippen LogP contribution in [0.5, 0.6) is 0 Å². The molecule has 4 rings (SSSR count). The van der Waals surface area contributed by atoms with E-state index in [9.17, 15) is 4.79 Å². The highest BCUT2D eigenvalue weighted by Gasteiger charge is 2.35. The lowest BCUT2D eigenvalue weighted by molar-refractivity contribution is -0.115. The van der Waals surface area contributed by atoms with Gasteiger partial charge in [-0.15, -0.1) is 11.8 Å². The van der Waals surface area contributed by atoms with E-state index in [4.69, 9.17) is 0 Å². The molecule has 120 valence electrons. The number of aromatic nitrogens is 1. The SMILES string of the molecule is Cc1ccc(N2C(=O)CS[C@@H]2c2cccc3cccnc23)c(C)c1. The van der Waals surface area contributed by atoms with Crippen LogP contribution in [-0.2, 0) is 4.79 Å². The monoisotopic (exact) mass is 334 g/mol. The Balaban J connectivity index is 1.86. The minimum Gasteiger partial charge on any atom is -0.295 e. The number of carbonyl (C=O) groups excluding carboxylic acids is 1. The fraction of sp³-hybridized carbons (Fsp3) is 0.200. The van der Waals surface area contributed by atoms with Gasteiger partial charge in [0.05, 0.1) is 11.3 Å². The van der Waals surface area contributed by atoms with Crippen molar-refractivity contribution in [3.05, 3.63) is 71.4 Å². The number of hydrogen-bond donors (Lipinski definition) is 0. The molecule has 0 bridgehead atoms. The van der Waals surface area contributed by atoms with Crippen molar-refractivity contribution in [2.24, 2.45) is 0 Å². The molecule has 1 amide bonds. The summed E-state index contributed by atoms with van der Waals surface area (Å²) in [7, 11) is 0. The third-order valence-electron chi connectivity index (χ3n) is 4.41. The first kappa shape index (κ1) is 15.2. The largest absolute Gasteiger partial charge is 0.295 e. The van der Waals surface area contributed by atoms with E-state index in [0.717, 1.165) is 27.7 Å². The van der Waals surface area contributed by atoms with Crippen LogP contribution >= 0.6 is 11.8 Å². The van der Waals surface area contributed by atoms with Crippen molar-refractivity contribution in [2.75, 3.05) is 10.7 Å². The molecule has 0 radical (unpaired) electrons. The van der Waals surface area contributed by atoms with Crippen molar-refractivity contribution in [1.29, 1.82) is 0 Å². The second kappa shape index (κ2) is 5.95. The first-order valence-electron chi connectivity index (χ1n) is 8.00. The fourth-order valence-electron chi connectivity index (χ4n) is 3.32. The van der Waals surface area contributed by atoms with Crippen LogP contribution in [0.25, 0.3) is 10.9 Å². The van der Waals surface area contributed by atoms with Crippen LogP contribution in [-0.4, -0.2) is 16.6 Å². The molecule has 2 aromatic carbocycles. The lowest BCUT2D eigenvalue weighted by Gasteiger charge is -2.26. The highest BCUT2D eigenvalue weighted by Crippen LogP contribution is 2.44. The Bertz CT molecular complexity index is 933. The summed E-state index contributed by atoms with van der Waals surface area (Å²) >= 11 is 1.67. The Hall–Kier alpha value is -2.33. The molecule has 0 unspecified atom stereocenters. The molecule has 1 fully saturated rings. The predicted octanol–water partition coefficient (Wildman–Crippen LogP) is 4.63. The van der Waals surface area contributed by atoms with Gasteiger partial charge in [-0.25, -0.2) is 0 Å². The molecule has 4 heteroatoms. The molecule has 0 spiro atoms. The molecule has 3 aromatic rings. The van der Waals surface area contributed by atoms with E-state index in [-0.39, 0.29) is 11.3 Å². The van der Waals surface area contributed by atoms with Gasteiger partial charge in [-0.1, -0.05) is 42.0 Å². The second-order valence-corrected chi connectivity index (χ2v) is 7.21. The Morgan fingerprint density at radius 3 is 2.79 bits per heavy atom. The quantitative estimate of drug-likeness (QED) is 0.685. The Morgan fingerprint density at radius 2 is 1.96 bits per heavy atom. The first-order chi connectivity index (χ1) is 11.6. The van der Waals surface area contributed by atoms with E-state index in [1.54, 1.807) is 11.8 Å². The molecular weight excluding hydrogens is 316 g/mol. The fourth-order valence-corrected chi connectivity index (χ4v) is 4.51. The molecule has 24 heavy (non-hydrogen) atoms. The zero-order valence-electron chi connectivity index (χ0n) is 13.7. The summed E-state index contributed by atoms with van der Waals surface area (Å²) < 4.78 is 0. The van der Waals surface area contributed by atoms with Gasteiger partial charge < -0.3 is 0 Å². The topological polar surface area (TPSA) is 33.2 Å². The number of thioether (sulfide) groups is 1. The van der Waals surface area contributed by atoms with Gasteiger partial charge in [0.15, 0.2) is 0 Å². The maximum atomic E-state index is 12.6. The summed E-state index contributed by atoms with van der Waals surface area (Å²) in [5, 5.41) is 1.08. The van der Waals surface area contributed by atoms with Gasteiger partial charge in [-0.3, -0.25) is 14.7 Å². The van der Waals surface area contributed by atoms with E-state index < -0.39 is 0 Å². The van der Waals surface area contributed by atoms with Gasteiger partial charge in [0.2, 0.25) is 5.91 Å². The van der Waals surface area contributed by atoms with Crippen LogP contribution in [0, 0.1) is 13.8 Å². The maximum Gasteiger partial charge on any atom is 0.238 e. The van der Waals surface area contributed by atoms with Crippen molar-refractivity contribution in [1.82, 2.24) is 4.98 Å². The minimum atomic E-state index is -0.0301. The van der Waals surface area contributed by atoms with E-state index in [0.29, 0.717) is 5.75 Å². The zero-order chi connectivity index (χ0) is 16.7. The van der Waals surface area contributed by atoms with Crippen LogP contribution in [0.2, 0.25) is 0 Å². The average molecular weight is 334 g/mol. The lowest BCUT2D eigenvalue weighted by atomic mass is 10.1. The van der Waals surface area contributed by atoms with Crippen molar-refractivity contribution >= 4 is 34.3 Å². The van der Waals surface area contributed by atoms with Crippen molar-refractivity contribution in [2.45, 2.75) is 19.2 Å². The molecule has 2 heterocycles. The van der Waals surface area contributed by atoms with E-state index >= 15 is 0 Å². The van der Waals surface area contributed by atoms with E-state index in [1.165, 1.54) is 5.56 Å². The van der Waals surface area contributed by atoms with Gasteiger partial charge in [-0.2, -0.15) is 0 Å². The molecule has 1 aromatic heterocycles. The molecular formula is C20H18N2OS. The highest BCUT2D eigenvalue weighted by atomic mass is 32.2. The number of fused-ring (bicyclic) bond motifs is 1. The van der Waals surface area contributed by atoms with Gasteiger partial charge in [0.1, 0.15) is 5.37 Å². The Morgan fingerprint density at radius 1 is 1.12 bits per heavy atom. The standard InChI is InChI=1S/C20H18N2OS/c1-13-8-9-17(14(2)11-13)22-18(23)12-24-20(22)16-7-3-5-15-6-4-10-21-19(15)16/h3-11,20H,12H2,1-2H3/t20-/m1/s1. The smallest absolute Gasteiger partial charge is 0.238 e. The summed E-state index contributed by atoms with van der Waals surface area (Å²) in [6, 6.07) is 16.5. The predicted molar refractivity (Wildman–Crippen MR) is 100 cm³/mol. The average Bonchev–Trinajstić information content (AvgIpc) is 2.96. The normalized spacial score (nSPS) is 17.7. The number of hydrogen-bond acceptors (Lipinski definition) is 3. The van der Waals surface area contributed by atoms with Gasteiger partial charge in [0, 0.05) is 22.8 Å². The van der Waals surface area contributed by atoms with Crippen LogP contribution < -0.4 is 4.90 Å². The first-order valence-corrected chi connectivity index (χ1v) is 9.04. The van der Waals surface area contributed by atoms with Gasteiger partial charge >= 0.3 is 0 Å². The summed E-state index contributed by atoms with van der Waals surface area (Å²) in [4.78, 5) is 19.1. The Labute approximate surface area is 145 Å². The highest BCUT2D eigenvalue weighted by molar-refractivity contribution is 8.00. The van der Waals surface area contributed by atoms with Crippen molar-refractivity contribution in [3.8, 4) is 0 Å². The summed E-state index contributed by atoms with van der Waals surface area (Å²) in [5.74, 6) is 0.658. The van der Waals surface area contributed by atoms with Crippen LogP contribution in [0.1, 0.15) is 22.1 Å². The summed E-state index contributed by atoms with van der Waals surface area (Å²) in [6.45, 7) is 4.14. The molecule has 0 saturated carbocycles. The molecule has 1 aliphatic heterocycles. The van der Waals surface area contributed by atoms with Crippen LogP contribution in [0.4, 0.5) is 5.69 Å². The molecule has 1 atom stereocenters. The van der Waals surface area contributed by atoms with Crippen LogP contribution in [0.3, 0.4) is 0 Å². The molecule has 3 nitrogen and oxygen atoms in total. The number of amides is 1. The number of rotatable bonds is 2. The summed E-state index contributed by atoms with van der Waals surface area (Å²) in [6.07, 6.45) is 1.81. The number of anilines is 1. The van der Waals surface area contributed by atoms with Crippen molar-refractivity contribution in [3.63, 3.8) is 0 Å². The molecule has 1 saturated heterocycles. The van der Waals surface area contributed by atoms with E-state index in [1.807, 2.05) is 23.2 Å². The third-order valence-corrected chi connectivity index (χ3v) is 5.60. The van der Waals surface area contributed by atoms with Gasteiger partial charge in [-0.05, 0) is 31.5 Å². The molecule has 1 aliphatic rings. The number of carbonyl (C=O) groups is 1. The molecule has 0 aliphatic carbocycles.